The zero-order valence-corrected chi connectivity index (χ0v) is 13.1. The summed E-state index contributed by atoms with van der Waals surface area (Å²) >= 11 is 0.829. The third-order valence-electron chi connectivity index (χ3n) is 2.69. The van der Waals surface area contributed by atoms with Crippen molar-refractivity contribution in [2.45, 2.75) is 12.4 Å². The normalized spacial score (nSPS) is 12.2. The molecule has 0 amide bonds. The molecule has 5 nitrogen and oxygen atoms in total. The zero-order chi connectivity index (χ0) is 16.5. The summed E-state index contributed by atoms with van der Waals surface area (Å²) in [6.45, 7) is 1.64. The van der Waals surface area contributed by atoms with Gasteiger partial charge in [-0.1, -0.05) is 0 Å². The van der Waals surface area contributed by atoms with Gasteiger partial charge in [0.05, 0.1) is 12.8 Å². The van der Waals surface area contributed by atoms with Gasteiger partial charge in [0.2, 0.25) is 0 Å². The minimum absolute atomic E-state index is 0.333. The van der Waals surface area contributed by atoms with Gasteiger partial charge in [-0.15, -0.1) is 11.3 Å². The van der Waals surface area contributed by atoms with Crippen molar-refractivity contribution in [1.29, 1.82) is 0 Å². The molecule has 0 aliphatic carbocycles. The largest absolute Gasteiger partial charge is 0.516 e. The van der Waals surface area contributed by atoms with E-state index in [1.54, 1.807) is 31.2 Å². The summed E-state index contributed by atoms with van der Waals surface area (Å²) in [6.07, 6.45) is 0. The molecule has 10 heteroatoms. The number of aryl methyl sites for hydroxylation is 1. The number of methoxy groups -OCH3 is 1. The molecule has 1 aromatic carbocycles. The van der Waals surface area contributed by atoms with Gasteiger partial charge in [-0.2, -0.15) is 21.6 Å². The summed E-state index contributed by atoms with van der Waals surface area (Å²) in [5, 5.41) is -0.333. The number of halogens is 3. The number of nitrogens with one attached hydrogen (secondary N) is 1. The first kappa shape index (κ1) is 16.6. The Hall–Kier alpha value is -1.81. The molecule has 0 aliphatic heterocycles. The predicted molar refractivity (Wildman–Crippen MR) is 77.4 cm³/mol. The Morgan fingerprint density at radius 1 is 1.23 bits per heavy atom. The quantitative estimate of drug-likeness (QED) is 0.916. The van der Waals surface area contributed by atoms with Crippen LogP contribution < -0.4 is 9.46 Å². The average molecular weight is 352 g/mol. The summed E-state index contributed by atoms with van der Waals surface area (Å²) in [4.78, 5) is 4.51. The lowest BCUT2D eigenvalue weighted by molar-refractivity contribution is -0.0429. The van der Waals surface area contributed by atoms with Crippen LogP contribution in [0.15, 0.2) is 24.3 Å². The van der Waals surface area contributed by atoms with Gasteiger partial charge < -0.3 is 4.74 Å². The summed E-state index contributed by atoms with van der Waals surface area (Å²) in [7, 11) is -3.96. The Labute approximate surface area is 128 Å². The molecule has 22 heavy (non-hydrogen) atoms. The molecule has 0 atom stereocenters. The zero-order valence-electron chi connectivity index (χ0n) is 11.4. The molecule has 2 rings (SSSR count). The van der Waals surface area contributed by atoms with E-state index in [0.717, 1.165) is 11.3 Å². The molecular formula is C12H11F3N2O3S2. The second-order valence-corrected chi connectivity index (χ2v) is 7.08. The van der Waals surface area contributed by atoms with Crippen LogP contribution in [0.5, 0.6) is 5.75 Å². The van der Waals surface area contributed by atoms with Crippen molar-refractivity contribution < 1.29 is 26.3 Å². The molecule has 0 fully saturated rings. The van der Waals surface area contributed by atoms with Crippen LogP contribution in [0.2, 0.25) is 0 Å². The minimum atomic E-state index is -5.47. The summed E-state index contributed by atoms with van der Waals surface area (Å²) in [5.74, 6) is 0.620. The van der Waals surface area contributed by atoms with E-state index in [1.165, 1.54) is 11.8 Å². The lowest BCUT2D eigenvalue weighted by Gasteiger charge is -2.07. The summed E-state index contributed by atoms with van der Waals surface area (Å²) in [5.41, 5.74) is -4.33. The van der Waals surface area contributed by atoms with Crippen LogP contribution in [0.4, 0.5) is 18.3 Å². The first-order valence-corrected chi connectivity index (χ1v) is 8.15. The molecule has 1 aromatic heterocycles. The molecule has 120 valence electrons. The smallest absolute Gasteiger partial charge is 0.497 e. The SMILES string of the molecule is COc1ccc(-c2nc(NS(=O)(=O)C(F)(F)F)sc2C)cc1. The summed E-state index contributed by atoms with van der Waals surface area (Å²) < 4.78 is 65.6. The maximum atomic E-state index is 12.3. The van der Waals surface area contributed by atoms with Crippen molar-refractivity contribution in [2.24, 2.45) is 0 Å². The van der Waals surface area contributed by atoms with E-state index in [-0.39, 0.29) is 5.13 Å². The van der Waals surface area contributed by atoms with E-state index in [0.29, 0.717) is 21.9 Å². The molecular weight excluding hydrogens is 341 g/mol. The monoisotopic (exact) mass is 352 g/mol. The molecule has 0 spiro atoms. The van der Waals surface area contributed by atoms with Crippen LogP contribution in [0.25, 0.3) is 11.3 Å². The molecule has 2 aromatic rings. The van der Waals surface area contributed by atoms with Crippen LogP contribution in [-0.2, 0) is 10.0 Å². The molecule has 0 aliphatic rings. The van der Waals surface area contributed by atoms with Crippen LogP contribution >= 0.6 is 11.3 Å². The van der Waals surface area contributed by atoms with Crippen LogP contribution in [0.1, 0.15) is 4.88 Å². The third-order valence-corrected chi connectivity index (χ3v) is 4.77. The number of nitrogens with zero attached hydrogens (tertiary/aromatic N) is 1. The Kier molecular flexibility index (Phi) is 4.34. The van der Waals surface area contributed by atoms with Gasteiger partial charge in [0.25, 0.3) is 0 Å². The minimum Gasteiger partial charge on any atom is -0.497 e. The number of alkyl halides is 3. The molecule has 0 saturated heterocycles. The predicted octanol–water partition coefficient (Wildman–Crippen LogP) is 3.39. The molecule has 0 radical (unpaired) electrons. The standard InChI is InChI=1S/C12H11F3N2O3S2/c1-7-10(8-3-5-9(20-2)6-4-8)16-11(21-7)17-22(18,19)12(13,14)15/h3-6H,1-2H3,(H,16,17). The van der Waals surface area contributed by atoms with Gasteiger partial charge in [0, 0.05) is 10.4 Å². The number of rotatable bonds is 4. The summed E-state index contributed by atoms with van der Waals surface area (Å²) in [6, 6.07) is 6.72. The van der Waals surface area contributed by atoms with Gasteiger partial charge in [-0.3, -0.25) is 4.72 Å². The lowest BCUT2D eigenvalue weighted by Crippen LogP contribution is -2.29. The fourth-order valence-corrected chi connectivity index (χ4v) is 3.20. The molecule has 1 heterocycles. The average Bonchev–Trinajstić information content (AvgIpc) is 2.77. The van der Waals surface area contributed by atoms with E-state index in [9.17, 15) is 21.6 Å². The third kappa shape index (κ3) is 3.33. The Morgan fingerprint density at radius 2 is 1.82 bits per heavy atom. The Balaban J connectivity index is 2.32. The van der Waals surface area contributed by atoms with E-state index < -0.39 is 15.5 Å². The highest BCUT2D eigenvalue weighted by atomic mass is 32.2. The van der Waals surface area contributed by atoms with Crippen molar-refractivity contribution in [1.82, 2.24) is 4.98 Å². The van der Waals surface area contributed by atoms with E-state index >= 15 is 0 Å². The number of ether oxygens (including phenoxy) is 1. The highest BCUT2D eigenvalue weighted by Gasteiger charge is 2.46. The van der Waals surface area contributed by atoms with Gasteiger partial charge in [0.1, 0.15) is 5.75 Å². The van der Waals surface area contributed by atoms with Crippen LogP contribution in [0, 0.1) is 6.92 Å². The number of aromatic nitrogens is 1. The number of thiazole rings is 1. The number of anilines is 1. The second-order valence-electron chi connectivity index (χ2n) is 4.20. The van der Waals surface area contributed by atoms with Crippen LogP contribution in [-0.4, -0.2) is 26.0 Å². The van der Waals surface area contributed by atoms with E-state index in [4.69, 9.17) is 4.74 Å². The lowest BCUT2D eigenvalue weighted by atomic mass is 10.1. The maximum Gasteiger partial charge on any atom is 0.516 e. The first-order valence-electron chi connectivity index (χ1n) is 5.85. The van der Waals surface area contributed by atoms with E-state index in [2.05, 4.69) is 4.98 Å². The van der Waals surface area contributed by atoms with Crippen molar-refractivity contribution in [3.8, 4) is 17.0 Å². The topological polar surface area (TPSA) is 68.3 Å². The number of sulfonamides is 1. The van der Waals surface area contributed by atoms with Crippen molar-refractivity contribution in [3.63, 3.8) is 0 Å². The number of hydrogen-bond donors (Lipinski definition) is 1. The fraction of sp³-hybridized carbons (Fsp3) is 0.250. The highest BCUT2D eigenvalue weighted by molar-refractivity contribution is 7.93. The van der Waals surface area contributed by atoms with Crippen molar-refractivity contribution in [3.05, 3.63) is 29.1 Å². The molecule has 0 saturated carbocycles. The Morgan fingerprint density at radius 3 is 2.32 bits per heavy atom. The van der Waals surface area contributed by atoms with Gasteiger partial charge >= 0.3 is 15.5 Å². The van der Waals surface area contributed by atoms with Crippen molar-refractivity contribution >= 4 is 26.5 Å². The second kappa shape index (κ2) is 5.76. The maximum absolute atomic E-state index is 12.3. The van der Waals surface area contributed by atoms with Gasteiger partial charge in [0.15, 0.2) is 5.13 Å². The van der Waals surface area contributed by atoms with Crippen LogP contribution in [0.3, 0.4) is 0 Å². The molecule has 0 unspecified atom stereocenters. The Bertz CT molecular complexity index is 768. The molecule has 1 N–H and O–H groups in total. The van der Waals surface area contributed by atoms with E-state index in [1.807, 2.05) is 0 Å². The van der Waals surface area contributed by atoms with Gasteiger partial charge in [-0.05, 0) is 31.2 Å². The first-order chi connectivity index (χ1) is 10.1. The van der Waals surface area contributed by atoms with Gasteiger partial charge in [-0.25, -0.2) is 4.98 Å². The number of hydrogen-bond acceptors (Lipinski definition) is 5. The highest BCUT2D eigenvalue weighted by Crippen LogP contribution is 2.33. The number of benzene rings is 1. The molecule has 0 bridgehead atoms. The van der Waals surface area contributed by atoms with Crippen molar-refractivity contribution in [2.75, 3.05) is 11.8 Å². The fourth-order valence-electron chi connectivity index (χ4n) is 1.63.